The first-order valence-corrected chi connectivity index (χ1v) is 6.57. The van der Waals surface area contributed by atoms with E-state index in [1.165, 1.54) is 16.7 Å². The van der Waals surface area contributed by atoms with Gasteiger partial charge in [0, 0.05) is 13.1 Å². The van der Waals surface area contributed by atoms with E-state index in [0.29, 0.717) is 5.92 Å². The Labute approximate surface area is 110 Å². The van der Waals surface area contributed by atoms with Crippen LogP contribution in [0.15, 0.2) is 54.6 Å². The Hall–Kier alpha value is -1.60. The SMILES string of the molecule is Cc1ccccc1CNCC(C)c1ccccc1. The van der Waals surface area contributed by atoms with Crippen molar-refractivity contribution in [3.05, 3.63) is 71.3 Å². The normalized spacial score (nSPS) is 12.3. The molecule has 0 radical (unpaired) electrons. The molecule has 1 atom stereocenters. The third kappa shape index (κ3) is 3.44. The Bertz CT molecular complexity index is 476. The molecule has 0 saturated heterocycles. The highest BCUT2D eigenvalue weighted by molar-refractivity contribution is 5.25. The highest BCUT2D eigenvalue weighted by Crippen LogP contribution is 2.13. The number of hydrogen-bond donors (Lipinski definition) is 1. The minimum absolute atomic E-state index is 0.551. The van der Waals surface area contributed by atoms with Crippen molar-refractivity contribution in [2.24, 2.45) is 0 Å². The van der Waals surface area contributed by atoms with E-state index in [4.69, 9.17) is 0 Å². The molecule has 0 aliphatic heterocycles. The second kappa shape index (κ2) is 6.36. The lowest BCUT2D eigenvalue weighted by molar-refractivity contribution is 0.614. The van der Waals surface area contributed by atoms with Gasteiger partial charge in [-0.25, -0.2) is 0 Å². The van der Waals surface area contributed by atoms with E-state index >= 15 is 0 Å². The molecular formula is C17H21N. The van der Waals surface area contributed by atoms with Gasteiger partial charge >= 0.3 is 0 Å². The summed E-state index contributed by atoms with van der Waals surface area (Å²) >= 11 is 0. The van der Waals surface area contributed by atoms with Crippen LogP contribution in [-0.4, -0.2) is 6.54 Å². The maximum atomic E-state index is 3.54. The summed E-state index contributed by atoms with van der Waals surface area (Å²) in [6.07, 6.45) is 0. The molecular weight excluding hydrogens is 218 g/mol. The van der Waals surface area contributed by atoms with Crippen LogP contribution in [0, 0.1) is 6.92 Å². The predicted octanol–water partition coefficient (Wildman–Crippen LogP) is 3.89. The third-order valence-electron chi connectivity index (χ3n) is 3.40. The first kappa shape index (κ1) is 12.8. The van der Waals surface area contributed by atoms with Gasteiger partial charge in [-0.2, -0.15) is 0 Å². The fourth-order valence-electron chi connectivity index (χ4n) is 2.13. The zero-order chi connectivity index (χ0) is 12.8. The monoisotopic (exact) mass is 239 g/mol. The van der Waals surface area contributed by atoms with E-state index in [1.54, 1.807) is 0 Å². The van der Waals surface area contributed by atoms with Crippen molar-refractivity contribution in [2.75, 3.05) is 6.54 Å². The highest BCUT2D eigenvalue weighted by atomic mass is 14.9. The fourth-order valence-corrected chi connectivity index (χ4v) is 2.13. The van der Waals surface area contributed by atoms with Crippen LogP contribution < -0.4 is 5.32 Å². The van der Waals surface area contributed by atoms with Gasteiger partial charge in [0.1, 0.15) is 0 Å². The third-order valence-corrected chi connectivity index (χ3v) is 3.40. The topological polar surface area (TPSA) is 12.0 Å². The molecule has 0 amide bonds. The molecule has 1 nitrogen and oxygen atoms in total. The van der Waals surface area contributed by atoms with Gasteiger partial charge in [0.25, 0.3) is 0 Å². The van der Waals surface area contributed by atoms with Crippen molar-refractivity contribution < 1.29 is 0 Å². The molecule has 2 aromatic carbocycles. The molecule has 0 aliphatic carbocycles. The summed E-state index contributed by atoms with van der Waals surface area (Å²) in [4.78, 5) is 0. The van der Waals surface area contributed by atoms with E-state index in [-0.39, 0.29) is 0 Å². The van der Waals surface area contributed by atoms with E-state index in [2.05, 4.69) is 73.8 Å². The van der Waals surface area contributed by atoms with Crippen LogP contribution in [0.3, 0.4) is 0 Å². The van der Waals surface area contributed by atoms with Crippen LogP contribution >= 0.6 is 0 Å². The van der Waals surface area contributed by atoms with Gasteiger partial charge in [-0.15, -0.1) is 0 Å². The fraction of sp³-hybridized carbons (Fsp3) is 0.294. The van der Waals surface area contributed by atoms with Crippen molar-refractivity contribution in [1.82, 2.24) is 5.32 Å². The maximum Gasteiger partial charge on any atom is 0.0208 e. The standard InChI is InChI=1S/C17H21N/c1-14-8-6-7-11-17(14)13-18-12-15(2)16-9-4-3-5-10-16/h3-11,15,18H,12-13H2,1-2H3. The zero-order valence-electron chi connectivity index (χ0n) is 11.2. The summed E-state index contributed by atoms with van der Waals surface area (Å²) in [6.45, 7) is 6.39. The minimum Gasteiger partial charge on any atom is -0.312 e. The molecule has 0 bridgehead atoms. The van der Waals surface area contributed by atoms with Gasteiger partial charge in [0.2, 0.25) is 0 Å². The number of benzene rings is 2. The Morgan fingerprint density at radius 3 is 2.33 bits per heavy atom. The maximum absolute atomic E-state index is 3.54. The van der Waals surface area contributed by atoms with Crippen LogP contribution in [0.25, 0.3) is 0 Å². The summed E-state index contributed by atoms with van der Waals surface area (Å²) in [5.41, 5.74) is 4.14. The molecule has 0 saturated carbocycles. The Kier molecular flexibility index (Phi) is 4.54. The molecule has 0 fully saturated rings. The zero-order valence-corrected chi connectivity index (χ0v) is 11.2. The lowest BCUT2D eigenvalue weighted by Crippen LogP contribution is -2.20. The molecule has 0 aliphatic rings. The Morgan fingerprint density at radius 1 is 0.944 bits per heavy atom. The van der Waals surface area contributed by atoms with Crippen LogP contribution in [0.4, 0.5) is 0 Å². The minimum atomic E-state index is 0.551. The van der Waals surface area contributed by atoms with E-state index < -0.39 is 0 Å². The summed E-state index contributed by atoms with van der Waals surface area (Å²) in [5.74, 6) is 0.551. The molecule has 94 valence electrons. The lowest BCUT2D eigenvalue weighted by Gasteiger charge is -2.13. The van der Waals surface area contributed by atoms with Gasteiger partial charge in [0.05, 0.1) is 0 Å². The number of rotatable bonds is 5. The average molecular weight is 239 g/mol. The summed E-state index contributed by atoms with van der Waals surface area (Å²) in [6, 6.07) is 19.2. The smallest absolute Gasteiger partial charge is 0.0208 e. The average Bonchev–Trinajstić information content (AvgIpc) is 2.42. The van der Waals surface area contributed by atoms with Crippen LogP contribution in [0.2, 0.25) is 0 Å². The Morgan fingerprint density at radius 2 is 1.61 bits per heavy atom. The first-order chi connectivity index (χ1) is 8.77. The Balaban J connectivity index is 1.84. The van der Waals surface area contributed by atoms with Gasteiger partial charge in [-0.05, 0) is 29.5 Å². The van der Waals surface area contributed by atoms with Crippen molar-refractivity contribution in [2.45, 2.75) is 26.3 Å². The van der Waals surface area contributed by atoms with E-state index in [0.717, 1.165) is 13.1 Å². The molecule has 2 rings (SSSR count). The van der Waals surface area contributed by atoms with Crippen molar-refractivity contribution in [1.29, 1.82) is 0 Å². The van der Waals surface area contributed by atoms with Crippen molar-refractivity contribution in [3.8, 4) is 0 Å². The summed E-state index contributed by atoms with van der Waals surface area (Å²) in [5, 5.41) is 3.54. The molecule has 18 heavy (non-hydrogen) atoms. The number of nitrogens with one attached hydrogen (secondary N) is 1. The van der Waals surface area contributed by atoms with Gasteiger partial charge in [0.15, 0.2) is 0 Å². The molecule has 0 aromatic heterocycles. The molecule has 0 spiro atoms. The lowest BCUT2D eigenvalue weighted by atomic mass is 10.0. The molecule has 1 N–H and O–H groups in total. The largest absolute Gasteiger partial charge is 0.312 e. The van der Waals surface area contributed by atoms with Crippen LogP contribution in [0.5, 0.6) is 0 Å². The summed E-state index contributed by atoms with van der Waals surface area (Å²) in [7, 11) is 0. The molecule has 1 unspecified atom stereocenters. The highest BCUT2D eigenvalue weighted by Gasteiger charge is 2.04. The van der Waals surface area contributed by atoms with Crippen molar-refractivity contribution >= 4 is 0 Å². The second-order valence-corrected chi connectivity index (χ2v) is 4.87. The van der Waals surface area contributed by atoms with Crippen LogP contribution in [-0.2, 0) is 6.54 Å². The number of hydrogen-bond acceptors (Lipinski definition) is 1. The van der Waals surface area contributed by atoms with Gasteiger partial charge in [-0.3, -0.25) is 0 Å². The quantitative estimate of drug-likeness (QED) is 0.834. The summed E-state index contributed by atoms with van der Waals surface area (Å²) < 4.78 is 0. The molecule has 1 heteroatoms. The molecule has 2 aromatic rings. The predicted molar refractivity (Wildman–Crippen MR) is 77.7 cm³/mol. The van der Waals surface area contributed by atoms with Gasteiger partial charge < -0.3 is 5.32 Å². The van der Waals surface area contributed by atoms with Crippen LogP contribution in [0.1, 0.15) is 29.5 Å². The number of aryl methyl sites for hydroxylation is 1. The molecule has 0 heterocycles. The van der Waals surface area contributed by atoms with Crippen molar-refractivity contribution in [3.63, 3.8) is 0 Å². The second-order valence-electron chi connectivity index (χ2n) is 4.87. The van der Waals surface area contributed by atoms with E-state index in [9.17, 15) is 0 Å². The first-order valence-electron chi connectivity index (χ1n) is 6.57. The van der Waals surface area contributed by atoms with E-state index in [1.807, 2.05) is 0 Å². The van der Waals surface area contributed by atoms with Gasteiger partial charge in [-0.1, -0.05) is 61.5 Å².